The van der Waals surface area contributed by atoms with Crippen molar-refractivity contribution in [2.24, 2.45) is 0 Å². The van der Waals surface area contributed by atoms with Gasteiger partial charge in [-0.1, -0.05) is 18.2 Å². The van der Waals surface area contributed by atoms with Crippen molar-refractivity contribution in [2.75, 3.05) is 12.4 Å². The number of hydrogen-bond acceptors (Lipinski definition) is 4. The molecular formula is C15H17N3OS. The summed E-state index contributed by atoms with van der Waals surface area (Å²) in [6.07, 6.45) is 2.61. The molecule has 0 spiro atoms. The lowest BCUT2D eigenvalue weighted by molar-refractivity contribution is -0.131. The van der Waals surface area contributed by atoms with Gasteiger partial charge < -0.3 is 10.2 Å². The third-order valence-electron chi connectivity index (χ3n) is 3.51. The summed E-state index contributed by atoms with van der Waals surface area (Å²) in [4.78, 5) is 19.6. The van der Waals surface area contributed by atoms with Crippen molar-refractivity contribution in [1.82, 2.24) is 9.88 Å². The number of carbonyl (C=O) groups is 1. The van der Waals surface area contributed by atoms with E-state index >= 15 is 0 Å². The summed E-state index contributed by atoms with van der Waals surface area (Å²) in [6.45, 7) is 2.60. The van der Waals surface area contributed by atoms with E-state index in [4.69, 9.17) is 0 Å². The van der Waals surface area contributed by atoms with Crippen LogP contribution < -0.4 is 5.32 Å². The average Bonchev–Trinajstić information content (AvgIpc) is 3.03. The minimum atomic E-state index is -0.147. The predicted molar refractivity (Wildman–Crippen MR) is 80.9 cm³/mol. The molecule has 1 aliphatic heterocycles. The number of aryl methyl sites for hydroxylation is 1. The Kier molecular flexibility index (Phi) is 3.44. The maximum atomic E-state index is 12.5. The first-order chi connectivity index (χ1) is 9.63. The molecule has 0 unspecified atom stereocenters. The molecular weight excluding hydrogens is 270 g/mol. The van der Waals surface area contributed by atoms with Crippen LogP contribution in [0.3, 0.4) is 0 Å². The van der Waals surface area contributed by atoms with Crippen LogP contribution in [0, 0.1) is 6.92 Å². The molecule has 0 bridgehead atoms. The monoisotopic (exact) mass is 287 g/mol. The summed E-state index contributed by atoms with van der Waals surface area (Å²) >= 11 is 1.64. The summed E-state index contributed by atoms with van der Waals surface area (Å²) in [5.41, 5.74) is 2.29. The lowest BCUT2D eigenvalue weighted by Crippen LogP contribution is -2.39. The summed E-state index contributed by atoms with van der Waals surface area (Å²) in [7, 11) is 1.85. The van der Waals surface area contributed by atoms with Crippen LogP contribution in [0.2, 0.25) is 0 Å². The first-order valence-electron chi connectivity index (χ1n) is 6.64. The van der Waals surface area contributed by atoms with Crippen LogP contribution in [0.1, 0.15) is 15.4 Å². The Balaban J connectivity index is 1.65. The van der Waals surface area contributed by atoms with Crippen LogP contribution in [0.15, 0.2) is 30.5 Å². The number of anilines is 1. The zero-order valence-corrected chi connectivity index (χ0v) is 12.4. The van der Waals surface area contributed by atoms with Crippen molar-refractivity contribution in [3.05, 3.63) is 45.9 Å². The number of para-hydroxylation sites is 1. The molecule has 2 heterocycles. The Bertz CT molecular complexity index is 613. The highest BCUT2D eigenvalue weighted by Gasteiger charge is 2.28. The summed E-state index contributed by atoms with van der Waals surface area (Å²) < 4.78 is 0. The van der Waals surface area contributed by atoms with Gasteiger partial charge in [0.05, 0.1) is 11.6 Å². The molecule has 3 rings (SSSR count). The summed E-state index contributed by atoms with van der Waals surface area (Å²) in [5, 5.41) is 4.34. The summed E-state index contributed by atoms with van der Waals surface area (Å²) in [6, 6.07) is 7.95. The molecule has 1 amide bonds. The second kappa shape index (κ2) is 5.25. The Hall–Kier alpha value is -1.88. The molecule has 1 aromatic heterocycles. The van der Waals surface area contributed by atoms with E-state index in [0.717, 1.165) is 22.0 Å². The number of likely N-dealkylation sites (N-methyl/N-ethyl adjacent to an activating group) is 1. The van der Waals surface area contributed by atoms with Gasteiger partial charge in [-0.2, -0.15) is 0 Å². The van der Waals surface area contributed by atoms with Crippen molar-refractivity contribution in [3.8, 4) is 0 Å². The zero-order chi connectivity index (χ0) is 14.1. The van der Waals surface area contributed by atoms with Crippen LogP contribution in [-0.4, -0.2) is 28.9 Å². The van der Waals surface area contributed by atoms with E-state index in [9.17, 15) is 4.79 Å². The second-order valence-electron chi connectivity index (χ2n) is 5.10. The highest BCUT2D eigenvalue weighted by molar-refractivity contribution is 7.11. The van der Waals surface area contributed by atoms with Crippen molar-refractivity contribution >= 4 is 22.9 Å². The lowest BCUT2D eigenvalue weighted by atomic mass is 10.1. The molecule has 20 heavy (non-hydrogen) atoms. The van der Waals surface area contributed by atoms with Crippen LogP contribution in [0.25, 0.3) is 0 Å². The number of amides is 1. The van der Waals surface area contributed by atoms with E-state index in [-0.39, 0.29) is 11.9 Å². The van der Waals surface area contributed by atoms with Gasteiger partial charge in [-0.3, -0.25) is 4.79 Å². The van der Waals surface area contributed by atoms with Gasteiger partial charge in [-0.05, 0) is 18.6 Å². The molecule has 1 aliphatic rings. The molecule has 0 aliphatic carbocycles. The molecule has 0 fully saturated rings. The number of nitrogens with zero attached hydrogens (tertiary/aromatic N) is 2. The highest BCUT2D eigenvalue weighted by Crippen LogP contribution is 2.26. The molecule has 5 heteroatoms. The molecule has 104 valence electrons. The maximum absolute atomic E-state index is 12.5. The van der Waals surface area contributed by atoms with Crippen molar-refractivity contribution < 1.29 is 4.79 Å². The minimum Gasteiger partial charge on any atom is -0.373 e. The van der Waals surface area contributed by atoms with Gasteiger partial charge in [-0.15, -0.1) is 11.3 Å². The van der Waals surface area contributed by atoms with E-state index in [1.54, 1.807) is 16.2 Å². The van der Waals surface area contributed by atoms with E-state index in [1.807, 2.05) is 38.4 Å². The smallest absolute Gasteiger partial charge is 0.245 e. The summed E-state index contributed by atoms with van der Waals surface area (Å²) in [5.74, 6) is 0.132. The zero-order valence-electron chi connectivity index (χ0n) is 11.6. The fourth-order valence-electron chi connectivity index (χ4n) is 2.50. The molecule has 0 saturated carbocycles. The molecule has 4 nitrogen and oxygen atoms in total. The number of aromatic nitrogens is 1. The van der Waals surface area contributed by atoms with Gasteiger partial charge in [0.15, 0.2) is 0 Å². The third-order valence-corrected chi connectivity index (χ3v) is 4.41. The van der Waals surface area contributed by atoms with Crippen molar-refractivity contribution in [2.45, 2.75) is 25.9 Å². The first kappa shape index (κ1) is 13.1. The normalized spacial score (nSPS) is 16.6. The predicted octanol–water partition coefficient (Wildman–Crippen LogP) is 2.45. The molecule has 1 aromatic carbocycles. The van der Waals surface area contributed by atoms with Crippen molar-refractivity contribution in [1.29, 1.82) is 0 Å². The molecule has 1 atom stereocenters. The highest BCUT2D eigenvalue weighted by atomic mass is 32.1. The van der Waals surface area contributed by atoms with Crippen LogP contribution in [0.4, 0.5) is 5.69 Å². The minimum absolute atomic E-state index is 0.132. The number of nitrogens with one attached hydrogen (secondary N) is 1. The van der Waals surface area contributed by atoms with E-state index < -0.39 is 0 Å². The van der Waals surface area contributed by atoms with Gasteiger partial charge in [-0.25, -0.2) is 4.98 Å². The Morgan fingerprint density at radius 1 is 1.50 bits per heavy atom. The number of thiazole rings is 1. The van der Waals surface area contributed by atoms with Crippen LogP contribution in [0.5, 0.6) is 0 Å². The van der Waals surface area contributed by atoms with Gasteiger partial charge in [0, 0.05) is 30.2 Å². The van der Waals surface area contributed by atoms with Crippen LogP contribution >= 0.6 is 11.3 Å². The molecule has 0 saturated heterocycles. The quantitative estimate of drug-likeness (QED) is 0.943. The molecule has 0 radical (unpaired) electrons. The maximum Gasteiger partial charge on any atom is 0.245 e. The lowest BCUT2D eigenvalue weighted by Gasteiger charge is -2.20. The number of benzene rings is 1. The number of rotatable bonds is 3. The van der Waals surface area contributed by atoms with E-state index in [1.165, 1.54) is 5.56 Å². The Morgan fingerprint density at radius 3 is 3.00 bits per heavy atom. The number of carbonyl (C=O) groups excluding carboxylic acids is 1. The Labute approximate surface area is 122 Å². The Morgan fingerprint density at radius 2 is 2.30 bits per heavy atom. The van der Waals surface area contributed by atoms with Gasteiger partial charge in [0.2, 0.25) is 5.91 Å². The average molecular weight is 287 g/mol. The molecule has 2 aromatic rings. The van der Waals surface area contributed by atoms with E-state index in [2.05, 4.69) is 16.4 Å². The van der Waals surface area contributed by atoms with Crippen molar-refractivity contribution in [3.63, 3.8) is 0 Å². The fourth-order valence-corrected chi connectivity index (χ4v) is 3.35. The van der Waals surface area contributed by atoms with Gasteiger partial charge in [0.1, 0.15) is 6.04 Å². The first-order valence-corrected chi connectivity index (χ1v) is 7.46. The fraction of sp³-hybridized carbons (Fsp3) is 0.333. The van der Waals surface area contributed by atoms with Gasteiger partial charge >= 0.3 is 0 Å². The largest absolute Gasteiger partial charge is 0.373 e. The second-order valence-corrected chi connectivity index (χ2v) is 6.42. The molecule has 1 N–H and O–H groups in total. The van der Waals surface area contributed by atoms with Crippen LogP contribution in [-0.2, 0) is 17.8 Å². The van der Waals surface area contributed by atoms with E-state index in [0.29, 0.717) is 6.54 Å². The van der Waals surface area contributed by atoms with Gasteiger partial charge in [0.25, 0.3) is 0 Å². The standard InChI is InChI=1S/C15H17N3OS/c1-10-16-8-12(20-10)9-18(2)15(19)14-7-11-5-3-4-6-13(11)17-14/h3-6,8,14,17H,7,9H2,1-2H3/t14-/m0/s1. The number of hydrogen-bond donors (Lipinski definition) is 1. The third kappa shape index (κ3) is 2.54. The topological polar surface area (TPSA) is 45.2 Å². The number of fused-ring (bicyclic) bond motifs is 1. The SMILES string of the molecule is Cc1ncc(CN(C)C(=O)[C@@H]2Cc3ccccc3N2)s1.